The molecule has 0 fully saturated rings. The summed E-state index contributed by atoms with van der Waals surface area (Å²) in [6.07, 6.45) is -5.97. The maximum absolute atomic E-state index is 11.4. The second-order valence-electron chi connectivity index (χ2n) is 1.59. The fraction of sp³-hybridized carbons (Fsp3) is 0.750. The third-order valence-electron chi connectivity index (χ3n) is 0.657. The van der Waals surface area contributed by atoms with Crippen LogP contribution in [0.25, 0.3) is 0 Å². The molecule has 0 aliphatic rings. The molecule has 0 rings (SSSR count). The fourth-order valence-electron chi connectivity index (χ4n) is 0.283. The lowest BCUT2D eigenvalue weighted by molar-refractivity contribution is -0.146. The molecule has 0 aromatic rings. The van der Waals surface area contributed by atoms with Gasteiger partial charge in [0.2, 0.25) is 0 Å². The van der Waals surface area contributed by atoms with Gasteiger partial charge in [-0.3, -0.25) is 4.79 Å². The van der Waals surface area contributed by atoms with Gasteiger partial charge in [-0.25, -0.2) is 0 Å². The molecule has 0 N–H and O–H groups in total. The van der Waals surface area contributed by atoms with Crippen molar-refractivity contribution >= 4 is 22.0 Å². The minimum atomic E-state index is -4.50. The summed E-state index contributed by atoms with van der Waals surface area (Å²) in [5.41, 5.74) is 0. The summed E-state index contributed by atoms with van der Waals surface area (Å²) in [6, 6.07) is -2.00. The number of hydrogen-bond acceptors (Lipinski definition) is 1. The first-order valence-corrected chi connectivity index (χ1v) is 3.14. The van der Waals surface area contributed by atoms with Gasteiger partial charge in [0.1, 0.15) is 4.83 Å². The molecule has 0 aromatic heterocycles. The standard InChI is InChI=1S/C4H3BrF4O/c5-2(3(6)10)1-4(7,8)9/h2H,1H2. The molecule has 0 aliphatic carbocycles. The van der Waals surface area contributed by atoms with Gasteiger partial charge in [0.15, 0.2) is 0 Å². The highest BCUT2D eigenvalue weighted by Gasteiger charge is 2.33. The maximum atomic E-state index is 11.4. The number of rotatable bonds is 2. The first-order chi connectivity index (χ1) is 4.33. The van der Waals surface area contributed by atoms with Gasteiger partial charge in [-0.15, -0.1) is 0 Å². The largest absolute Gasteiger partial charge is 0.390 e. The molecule has 1 unspecified atom stereocenters. The lowest BCUT2D eigenvalue weighted by Crippen LogP contribution is -2.19. The summed E-state index contributed by atoms with van der Waals surface area (Å²) < 4.78 is 45.4. The van der Waals surface area contributed by atoms with E-state index in [1.54, 1.807) is 0 Å². The molecule has 0 radical (unpaired) electrons. The molecular formula is C4H3BrF4O. The van der Waals surface area contributed by atoms with E-state index in [0.717, 1.165) is 0 Å². The zero-order valence-electron chi connectivity index (χ0n) is 4.58. The second-order valence-corrected chi connectivity index (χ2v) is 2.70. The van der Waals surface area contributed by atoms with Crippen molar-refractivity contribution in [2.75, 3.05) is 0 Å². The number of alkyl halides is 4. The van der Waals surface area contributed by atoms with Crippen molar-refractivity contribution in [1.29, 1.82) is 0 Å². The molecule has 6 heteroatoms. The monoisotopic (exact) mass is 222 g/mol. The number of carbonyl (C=O) groups excluding carboxylic acids is 1. The Hall–Kier alpha value is -0.130. The molecule has 0 spiro atoms. The highest BCUT2D eigenvalue weighted by molar-refractivity contribution is 9.10. The summed E-state index contributed by atoms with van der Waals surface area (Å²) in [5, 5.41) is 0. The van der Waals surface area contributed by atoms with Crippen molar-refractivity contribution < 1.29 is 22.4 Å². The van der Waals surface area contributed by atoms with E-state index >= 15 is 0 Å². The van der Waals surface area contributed by atoms with Crippen LogP contribution in [0.3, 0.4) is 0 Å². The predicted octanol–water partition coefficient (Wildman–Crippen LogP) is 2.20. The van der Waals surface area contributed by atoms with Crippen LogP contribution in [0.2, 0.25) is 0 Å². The van der Waals surface area contributed by atoms with E-state index in [9.17, 15) is 22.4 Å². The van der Waals surface area contributed by atoms with Crippen LogP contribution in [0.15, 0.2) is 0 Å². The predicted molar refractivity (Wildman–Crippen MR) is 29.5 cm³/mol. The molecule has 1 atom stereocenters. The summed E-state index contributed by atoms with van der Waals surface area (Å²) in [5.74, 6) is 0. The van der Waals surface area contributed by atoms with Gasteiger partial charge in [-0.1, -0.05) is 15.9 Å². The SMILES string of the molecule is O=C(F)C(Br)CC(F)(F)F. The summed E-state index contributed by atoms with van der Waals surface area (Å²) in [6.45, 7) is 0. The van der Waals surface area contributed by atoms with Crippen molar-refractivity contribution in [3.63, 3.8) is 0 Å². The minimum absolute atomic E-state index is 1.47. The first kappa shape index (κ1) is 9.87. The zero-order chi connectivity index (χ0) is 8.36. The third kappa shape index (κ3) is 4.72. The molecule has 0 aromatic carbocycles. The number of carbonyl (C=O) groups is 1. The van der Waals surface area contributed by atoms with Crippen molar-refractivity contribution in [1.82, 2.24) is 0 Å². The van der Waals surface area contributed by atoms with Gasteiger partial charge in [0.25, 0.3) is 0 Å². The molecule has 0 heterocycles. The van der Waals surface area contributed by atoms with Crippen molar-refractivity contribution in [3.8, 4) is 0 Å². The topological polar surface area (TPSA) is 17.1 Å². The van der Waals surface area contributed by atoms with E-state index in [2.05, 4.69) is 15.9 Å². The smallest absolute Gasteiger partial charge is 0.260 e. The van der Waals surface area contributed by atoms with Crippen LogP contribution < -0.4 is 0 Å². The van der Waals surface area contributed by atoms with E-state index in [-0.39, 0.29) is 0 Å². The third-order valence-corrected chi connectivity index (χ3v) is 1.34. The second kappa shape index (κ2) is 3.32. The fourth-order valence-corrected chi connectivity index (χ4v) is 0.651. The van der Waals surface area contributed by atoms with Crippen LogP contribution in [0, 0.1) is 0 Å². The van der Waals surface area contributed by atoms with Crippen molar-refractivity contribution in [2.24, 2.45) is 0 Å². The van der Waals surface area contributed by atoms with Gasteiger partial charge in [-0.05, 0) is 0 Å². The lowest BCUT2D eigenvalue weighted by atomic mass is 10.3. The van der Waals surface area contributed by atoms with Crippen LogP contribution in [0.4, 0.5) is 17.6 Å². The van der Waals surface area contributed by atoms with Crippen LogP contribution in [0.1, 0.15) is 6.42 Å². The normalized spacial score (nSPS) is 14.9. The Morgan fingerprint density at radius 2 is 1.90 bits per heavy atom. The average Bonchev–Trinajstić information content (AvgIpc) is 1.60. The van der Waals surface area contributed by atoms with Crippen molar-refractivity contribution in [3.05, 3.63) is 0 Å². The average molecular weight is 223 g/mol. The van der Waals surface area contributed by atoms with Crippen LogP contribution in [0.5, 0.6) is 0 Å². The summed E-state index contributed by atoms with van der Waals surface area (Å²) in [7, 11) is 0. The molecular weight excluding hydrogens is 220 g/mol. The molecule has 1 nitrogen and oxygen atoms in total. The van der Waals surface area contributed by atoms with Crippen molar-refractivity contribution in [2.45, 2.75) is 17.4 Å². The summed E-state index contributed by atoms with van der Waals surface area (Å²) >= 11 is 2.23. The van der Waals surface area contributed by atoms with E-state index in [1.165, 1.54) is 0 Å². The van der Waals surface area contributed by atoms with Crippen LogP contribution >= 0.6 is 15.9 Å². The molecule has 60 valence electrons. The molecule has 0 saturated heterocycles. The van der Waals surface area contributed by atoms with E-state index < -0.39 is 23.5 Å². The Morgan fingerprint density at radius 1 is 1.50 bits per heavy atom. The molecule has 0 bridgehead atoms. The quantitative estimate of drug-likeness (QED) is 0.398. The lowest BCUT2D eigenvalue weighted by Gasteiger charge is -2.06. The Kier molecular flexibility index (Phi) is 3.27. The van der Waals surface area contributed by atoms with Crippen LogP contribution in [-0.4, -0.2) is 17.0 Å². The van der Waals surface area contributed by atoms with E-state index in [0.29, 0.717) is 0 Å². The maximum Gasteiger partial charge on any atom is 0.390 e. The van der Waals surface area contributed by atoms with Gasteiger partial charge < -0.3 is 0 Å². The minimum Gasteiger partial charge on any atom is -0.260 e. The van der Waals surface area contributed by atoms with Gasteiger partial charge in [-0.2, -0.15) is 17.6 Å². The highest BCUT2D eigenvalue weighted by Crippen LogP contribution is 2.25. The number of halogens is 5. The molecule has 0 amide bonds. The Bertz CT molecular complexity index is 132. The number of hydrogen-bond donors (Lipinski definition) is 0. The zero-order valence-corrected chi connectivity index (χ0v) is 6.17. The Morgan fingerprint density at radius 3 is 2.00 bits per heavy atom. The molecule has 10 heavy (non-hydrogen) atoms. The molecule has 0 aliphatic heterocycles. The Labute approximate surface area is 62.5 Å². The van der Waals surface area contributed by atoms with Gasteiger partial charge in [0.05, 0.1) is 6.42 Å². The highest BCUT2D eigenvalue weighted by atomic mass is 79.9. The van der Waals surface area contributed by atoms with Crippen LogP contribution in [-0.2, 0) is 4.79 Å². The van der Waals surface area contributed by atoms with Gasteiger partial charge >= 0.3 is 12.2 Å². The molecule has 0 saturated carbocycles. The van der Waals surface area contributed by atoms with E-state index in [1.807, 2.05) is 0 Å². The first-order valence-electron chi connectivity index (χ1n) is 2.23. The summed E-state index contributed by atoms with van der Waals surface area (Å²) in [4.78, 5) is 7.85. The van der Waals surface area contributed by atoms with Gasteiger partial charge in [0, 0.05) is 0 Å². The Balaban J connectivity index is 3.80. The van der Waals surface area contributed by atoms with E-state index in [4.69, 9.17) is 0 Å².